The lowest BCUT2D eigenvalue weighted by molar-refractivity contribution is -0.152. The molecular weight excluding hydrogens is 465 g/mol. The molecule has 1 aliphatic heterocycles. The lowest BCUT2D eigenvalue weighted by Gasteiger charge is -2.22. The largest absolute Gasteiger partial charge is 0.497 e. The lowest BCUT2D eigenvalue weighted by atomic mass is 9.98. The van der Waals surface area contributed by atoms with Crippen LogP contribution in [0, 0.1) is 5.82 Å². The number of hydrogen-bond acceptors (Lipinski definition) is 6. The van der Waals surface area contributed by atoms with Gasteiger partial charge in [-0.25, -0.2) is 9.40 Å². The second-order valence-corrected chi connectivity index (χ2v) is 7.97. The van der Waals surface area contributed by atoms with Crippen LogP contribution in [0.4, 0.5) is 4.39 Å². The van der Waals surface area contributed by atoms with E-state index in [2.05, 4.69) is 10.4 Å². The van der Waals surface area contributed by atoms with Crippen molar-refractivity contribution in [1.82, 2.24) is 10.3 Å². The fourth-order valence-electron chi connectivity index (χ4n) is 3.78. The third kappa shape index (κ3) is 5.75. The number of carbonyl (C=O) groups is 3. The number of hydrazone groups is 1. The van der Waals surface area contributed by atoms with E-state index >= 15 is 0 Å². The fourth-order valence-corrected chi connectivity index (χ4v) is 3.78. The van der Waals surface area contributed by atoms with Crippen molar-refractivity contribution in [1.29, 1.82) is 0 Å². The standard InChI is InChI=1S/C27H24FN3O5/c1-35-20-13-11-19(12-14-20)24-15-23(18-7-3-2-4-8-18)30-31(24)25(32)17-36-26(33)16-29-27(34)21-9-5-6-10-22(21)28/h2-14,24H,15-17H2,1H3,(H,29,34). The molecule has 0 saturated heterocycles. The summed E-state index contributed by atoms with van der Waals surface area (Å²) in [6.45, 7) is -1.08. The number of rotatable bonds is 8. The Morgan fingerprint density at radius 1 is 1.00 bits per heavy atom. The van der Waals surface area contributed by atoms with Gasteiger partial charge >= 0.3 is 5.97 Å². The summed E-state index contributed by atoms with van der Waals surface area (Å²) in [6, 6.07) is 21.8. The van der Waals surface area contributed by atoms with Gasteiger partial charge < -0.3 is 14.8 Å². The number of hydrogen-bond donors (Lipinski definition) is 1. The molecule has 1 aliphatic rings. The Labute approximate surface area is 207 Å². The van der Waals surface area contributed by atoms with Gasteiger partial charge in [-0.3, -0.25) is 14.4 Å². The molecule has 0 bridgehead atoms. The van der Waals surface area contributed by atoms with Gasteiger partial charge in [0.2, 0.25) is 0 Å². The van der Waals surface area contributed by atoms with E-state index in [0.29, 0.717) is 12.2 Å². The van der Waals surface area contributed by atoms with Crippen molar-refractivity contribution in [3.05, 3.63) is 101 Å². The third-order valence-electron chi connectivity index (χ3n) is 5.64. The first-order valence-corrected chi connectivity index (χ1v) is 11.2. The number of nitrogens with zero attached hydrogens (tertiary/aromatic N) is 2. The van der Waals surface area contributed by atoms with Crippen molar-refractivity contribution in [2.75, 3.05) is 20.3 Å². The normalized spacial score (nSPS) is 14.7. The molecule has 9 heteroatoms. The summed E-state index contributed by atoms with van der Waals surface area (Å²) >= 11 is 0. The second-order valence-electron chi connectivity index (χ2n) is 7.97. The maximum Gasteiger partial charge on any atom is 0.325 e. The summed E-state index contributed by atoms with van der Waals surface area (Å²) in [6.07, 6.45) is 0.481. The van der Waals surface area contributed by atoms with E-state index in [-0.39, 0.29) is 5.56 Å². The monoisotopic (exact) mass is 489 g/mol. The Morgan fingerprint density at radius 3 is 2.39 bits per heavy atom. The molecule has 3 aromatic rings. The molecule has 0 spiro atoms. The van der Waals surface area contributed by atoms with Crippen molar-refractivity contribution >= 4 is 23.5 Å². The van der Waals surface area contributed by atoms with Crippen LogP contribution >= 0.6 is 0 Å². The first-order valence-electron chi connectivity index (χ1n) is 11.2. The number of ether oxygens (including phenoxy) is 2. The molecule has 8 nitrogen and oxygen atoms in total. The number of benzene rings is 3. The molecule has 1 atom stereocenters. The molecule has 0 saturated carbocycles. The van der Waals surface area contributed by atoms with Gasteiger partial charge in [0.25, 0.3) is 11.8 Å². The van der Waals surface area contributed by atoms with E-state index in [1.807, 2.05) is 42.5 Å². The number of methoxy groups -OCH3 is 1. The van der Waals surface area contributed by atoms with E-state index in [9.17, 15) is 18.8 Å². The van der Waals surface area contributed by atoms with Gasteiger partial charge in [0.15, 0.2) is 6.61 Å². The Kier molecular flexibility index (Phi) is 7.69. The first kappa shape index (κ1) is 24.6. The van der Waals surface area contributed by atoms with Crippen molar-refractivity contribution in [3.63, 3.8) is 0 Å². The van der Waals surface area contributed by atoms with Crippen LogP contribution in [0.25, 0.3) is 0 Å². The zero-order valence-corrected chi connectivity index (χ0v) is 19.5. The highest BCUT2D eigenvalue weighted by Crippen LogP contribution is 2.33. The van der Waals surface area contributed by atoms with E-state index in [1.165, 1.54) is 23.2 Å². The average molecular weight is 490 g/mol. The van der Waals surface area contributed by atoms with E-state index in [4.69, 9.17) is 9.47 Å². The molecule has 1 heterocycles. The zero-order chi connectivity index (χ0) is 25.5. The minimum absolute atomic E-state index is 0.191. The number of amides is 2. The molecule has 3 aromatic carbocycles. The Balaban J connectivity index is 1.41. The molecule has 184 valence electrons. The summed E-state index contributed by atoms with van der Waals surface area (Å²) in [5.74, 6) is -2.13. The molecule has 36 heavy (non-hydrogen) atoms. The Bertz CT molecular complexity index is 1280. The van der Waals surface area contributed by atoms with Crippen LogP contribution < -0.4 is 10.1 Å². The minimum atomic E-state index is -0.833. The maximum atomic E-state index is 13.7. The smallest absolute Gasteiger partial charge is 0.325 e. The van der Waals surface area contributed by atoms with E-state index in [1.54, 1.807) is 19.2 Å². The van der Waals surface area contributed by atoms with Crippen molar-refractivity contribution in [3.8, 4) is 5.75 Å². The predicted molar refractivity (Wildman–Crippen MR) is 130 cm³/mol. The molecular formula is C27H24FN3O5. The topological polar surface area (TPSA) is 97.3 Å². The number of carbonyl (C=O) groups excluding carboxylic acids is 3. The van der Waals surface area contributed by atoms with Gasteiger partial charge in [-0.1, -0.05) is 54.6 Å². The number of esters is 1. The van der Waals surface area contributed by atoms with Crippen molar-refractivity contribution in [2.24, 2.45) is 5.10 Å². The third-order valence-corrected chi connectivity index (χ3v) is 5.64. The van der Waals surface area contributed by atoms with E-state index < -0.39 is 42.8 Å². The van der Waals surface area contributed by atoms with Gasteiger partial charge in [-0.2, -0.15) is 5.10 Å². The lowest BCUT2D eigenvalue weighted by Crippen LogP contribution is -2.35. The fraction of sp³-hybridized carbons (Fsp3) is 0.185. The molecule has 2 amide bonds. The molecule has 0 aliphatic carbocycles. The summed E-state index contributed by atoms with van der Waals surface area (Å²) in [5, 5.41) is 8.13. The van der Waals surface area contributed by atoms with Gasteiger partial charge in [0.1, 0.15) is 18.1 Å². The summed E-state index contributed by atoms with van der Waals surface area (Å²) in [5.41, 5.74) is 2.28. The summed E-state index contributed by atoms with van der Waals surface area (Å²) in [4.78, 5) is 37.2. The average Bonchev–Trinajstić information content (AvgIpc) is 3.37. The van der Waals surface area contributed by atoms with Gasteiger partial charge in [0, 0.05) is 6.42 Å². The van der Waals surface area contributed by atoms with Crippen LogP contribution in [0.15, 0.2) is 84.0 Å². The van der Waals surface area contributed by atoms with Gasteiger partial charge in [-0.05, 0) is 35.4 Å². The molecule has 1 N–H and O–H groups in total. The van der Waals surface area contributed by atoms with Crippen molar-refractivity contribution < 1.29 is 28.2 Å². The van der Waals surface area contributed by atoms with Crippen molar-refractivity contribution in [2.45, 2.75) is 12.5 Å². The SMILES string of the molecule is COc1ccc(C2CC(c3ccccc3)=NN2C(=O)COC(=O)CNC(=O)c2ccccc2F)cc1. The van der Waals surface area contributed by atoms with Crippen LogP contribution in [-0.2, 0) is 14.3 Å². The van der Waals surface area contributed by atoms with Crippen LogP contribution in [0.3, 0.4) is 0 Å². The van der Waals surface area contributed by atoms with Crippen LogP contribution in [0.2, 0.25) is 0 Å². The first-order chi connectivity index (χ1) is 17.5. The van der Waals surface area contributed by atoms with Crippen LogP contribution in [0.5, 0.6) is 5.75 Å². The van der Waals surface area contributed by atoms with Gasteiger partial charge in [-0.15, -0.1) is 0 Å². The Morgan fingerprint density at radius 2 is 1.69 bits per heavy atom. The highest BCUT2D eigenvalue weighted by molar-refractivity contribution is 6.03. The quantitative estimate of drug-likeness (QED) is 0.489. The summed E-state index contributed by atoms with van der Waals surface area (Å²) < 4.78 is 24.0. The van der Waals surface area contributed by atoms with E-state index in [0.717, 1.165) is 22.9 Å². The number of nitrogens with one attached hydrogen (secondary N) is 1. The molecule has 0 radical (unpaired) electrons. The molecule has 0 aromatic heterocycles. The van der Waals surface area contributed by atoms with Crippen LogP contribution in [0.1, 0.15) is 33.9 Å². The Hall–Kier alpha value is -4.53. The van der Waals surface area contributed by atoms with Gasteiger partial charge in [0.05, 0.1) is 24.4 Å². The predicted octanol–water partition coefficient (Wildman–Crippen LogP) is 3.49. The molecule has 0 fully saturated rings. The molecule has 4 rings (SSSR count). The minimum Gasteiger partial charge on any atom is -0.497 e. The molecule has 1 unspecified atom stereocenters. The highest BCUT2D eigenvalue weighted by atomic mass is 19.1. The summed E-state index contributed by atoms with van der Waals surface area (Å²) in [7, 11) is 1.57. The number of halogens is 1. The second kappa shape index (κ2) is 11.3. The highest BCUT2D eigenvalue weighted by Gasteiger charge is 2.33. The van der Waals surface area contributed by atoms with Crippen LogP contribution in [-0.4, -0.2) is 48.8 Å². The maximum absolute atomic E-state index is 13.7. The zero-order valence-electron chi connectivity index (χ0n) is 19.5.